The fourth-order valence-electron chi connectivity index (χ4n) is 1.60. The number of aromatic nitrogens is 2. The van der Waals surface area contributed by atoms with Gasteiger partial charge in [0, 0.05) is 6.42 Å². The fourth-order valence-corrected chi connectivity index (χ4v) is 3.74. The number of hydrogen-bond donors (Lipinski definition) is 2. The van der Waals surface area contributed by atoms with Crippen LogP contribution in [0.15, 0.2) is 15.9 Å². The molecule has 2 rings (SSSR count). The smallest absolute Gasteiger partial charge is 0.262 e. The molecular weight excluding hydrogens is 388 g/mol. The summed E-state index contributed by atoms with van der Waals surface area (Å²) in [5.74, 6) is -0.592. The number of carbonyl (C=O) groups is 2. The second-order valence-electron chi connectivity index (χ2n) is 4.54. The van der Waals surface area contributed by atoms with Gasteiger partial charge in [0.1, 0.15) is 11.0 Å². The van der Waals surface area contributed by atoms with E-state index in [1.54, 1.807) is 19.1 Å². The molecule has 2 amide bonds. The van der Waals surface area contributed by atoms with Crippen LogP contribution in [0.25, 0.3) is 0 Å². The number of rotatable bonds is 6. The standard InChI is InChI=1S/C13H15BrN4O2S2/c1-3-4-10-17-18-13(22-10)16-11(19)7(2)15-12(20)8-5-6-9(14)21-8/h5-7H,3-4H2,1-2H3,(H,15,20)(H,16,18,19). The normalized spacial score (nSPS) is 12.0. The molecule has 6 nitrogen and oxygen atoms in total. The minimum Gasteiger partial charge on any atom is -0.340 e. The average Bonchev–Trinajstić information content (AvgIpc) is 3.08. The first kappa shape index (κ1) is 17.0. The molecule has 0 aliphatic carbocycles. The highest BCUT2D eigenvalue weighted by Crippen LogP contribution is 2.22. The fraction of sp³-hybridized carbons (Fsp3) is 0.385. The number of nitrogens with zero attached hydrogens (tertiary/aromatic N) is 2. The molecule has 9 heteroatoms. The average molecular weight is 403 g/mol. The summed E-state index contributed by atoms with van der Waals surface area (Å²) in [7, 11) is 0. The van der Waals surface area contributed by atoms with Gasteiger partial charge in [0.25, 0.3) is 5.91 Å². The molecular formula is C13H15BrN4O2S2. The molecule has 0 spiro atoms. The predicted molar refractivity (Wildman–Crippen MR) is 91.5 cm³/mol. The number of carbonyl (C=O) groups excluding carboxylic acids is 2. The van der Waals surface area contributed by atoms with Crippen LogP contribution in [0.2, 0.25) is 0 Å². The molecule has 1 atom stereocenters. The summed E-state index contributed by atoms with van der Waals surface area (Å²) in [5, 5.41) is 14.6. The zero-order chi connectivity index (χ0) is 16.1. The van der Waals surface area contributed by atoms with Crippen LogP contribution in [-0.2, 0) is 11.2 Å². The largest absolute Gasteiger partial charge is 0.340 e. The van der Waals surface area contributed by atoms with E-state index in [2.05, 4.69) is 43.7 Å². The van der Waals surface area contributed by atoms with Gasteiger partial charge >= 0.3 is 0 Å². The molecule has 0 aliphatic rings. The predicted octanol–water partition coefficient (Wildman–Crippen LogP) is 3.07. The van der Waals surface area contributed by atoms with Crippen LogP contribution >= 0.6 is 38.6 Å². The Morgan fingerprint density at radius 3 is 2.73 bits per heavy atom. The molecule has 0 saturated carbocycles. The maximum absolute atomic E-state index is 12.1. The summed E-state index contributed by atoms with van der Waals surface area (Å²) >= 11 is 5.97. The van der Waals surface area contributed by atoms with Gasteiger partial charge in [0.2, 0.25) is 11.0 Å². The van der Waals surface area contributed by atoms with Crippen molar-refractivity contribution in [2.45, 2.75) is 32.7 Å². The van der Waals surface area contributed by atoms with Gasteiger partial charge in [-0.25, -0.2) is 0 Å². The topological polar surface area (TPSA) is 84.0 Å². The molecule has 0 bridgehead atoms. The molecule has 22 heavy (non-hydrogen) atoms. The highest BCUT2D eigenvalue weighted by atomic mass is 79.9. The number of anilines is 1. The lowest BCUT2D eigenvalue weighted by Gasteiger charge is -2.11. The molecule has 0 radical (unpaired) electrons. The van der Waals surface area contributed by atoms with Crippen LogP contribution in [0.4, 0.5) is 5.13 Å². The van der Waals surface area contributed by atoms with Crippen LogP contribution in [0.1, 0.15) is 34.9 Å². The van der Waals surface area contributed by atoms with Crippen molar-refractivity contribution in [2.24, 2.45) is 0 Å². The maximum Gasteiger partial charge on any atom is 0.262 e. The zero-order valence-electron chi connectivity index (χ0n) is 12.1. The molecule has 2 N–H and O–H groups in total. The third kappa shape index (κ3) is 4.59. The Bertz CT molecular complexity index is 671. The van der Waals surface area contributed by atoms with Crippen molar-refractivity contribution in [3.63, 3.8) is 0 Å². The van der Waals surface area contributed by atoms with Gasteiger partial charge < -0.3 is 5.32 Å². The molecule has 118 valence electrons. The SMILES string of the molecule is CCCc1nnc(NC(=O)C(C)NC(=O)c2ccc(Br)s2)s1. The summed E-state index contributed by atoms with van der Waals surface area (Å²) in [6.07, 6.45) is 1.82. The summed E-state index contributed by atoms with van der Waals surface area (Å²) in [6.45, 7) is 3.68. The summed E-state index contributed by atoms with van der Waals surface area (Å²) < 4.78 is 0.868. The Morgan fingerprint density at radius 2 is 2.09 bits per heavy atom. The summed E-state index contributed by atoms with van der Waals surface area (Å²) in [5.41, 5.74) is 0. The summed E-state index contributed by atoms with van der Waals surface area (Å²) in [4.78, 5) is 24.6. The third-order valence-corrected chi connectivity index (χ3v) is 5.22. The number of amides is 2. The molecule has 0 aromatic carbocycles. The van der Waals surface area contributed by atoms with Crippen molar-refractivity contribution in [3.05, 3.63) is 25.8 Å². The van der Waals surface area contributed by atoms with E-state index in [4.69, 9.17) is 0 Å². The van der Waals surface area contributed by atoms with Gasteiger partial charge in [0.05, 0.1) is 8.66 Å². The van der Waals surface area contributed by atoms with Gasteiger partial charge in [0.15, 0.2) is 0 Å². The minimum absolute atomic E-state index is 0.276. The Hall–Kier alpha value is -1.32. The van der Waals surface area contributed by atoms with E-state index in [9.17, 15) is 9.59 Å². The van der Waals surface area contributed by atoms with Gasteiger partial charge in [-0.15, -0.1) is 21.5 Å². The quantitative estimate of drug-likeness (QED) is 0.777. The van der Waals surface area contributed by atoms with Crippen molar-refractivity contribution in [2.75, 3.05) is 5.32 Å². The molecule has 0 aliphatic heterocycles. The lowest BCUT2D eigenvalue weighted by atomic mass is 10.3. The first-order chi connectivity index (χ1) is 10.5. The van der Waals surface area contributed by atoms with Gasteiger partial charge in [-0.1, -0.05) is 18.3 Å². The number of hydrogen-bond acceptors (Lipinski definition) is 6. The van der Waals surface area contributed by atoms with Crippen LogP contribution in [0.3, 0.4) is 0 Å². The number of thiophene rings is 1. The highest BCUT2D eigenvalue weighted by Gasteiger charge is 2.19. The number of nitrogens with one attached hydrogen (secondary N) is 2. The van der Waals surface area contributed by atoms with Crippen molar-refractivity contribution in [1.82, 2.24) is 15.5 Å². The van der Waals surface area contributed by atoms with Crippen LogP contribution in [0, 0.1) is 0 Å². The van der Waals surface area contributed by atoms with E-state index in [-0.39, 0.29) is 11.8 Å². The van der Waals surface area contributed by atoms with E-state index >= 15 is 0 Å². The molecule has 0 fully saturated rings. The molecule has 1 unspecified atom stereocenters. The Labute approximate surface area is 144 Å². The minimum atomic E-state index is -0.660. The second kappa shape index (κ2) is 7.80. The molecule has 2 aromatic rings. The molecule has 0 saturated heterocycles. The van der Waals surface area contributed by atoms with Crippen LogP contribution in [0.5, 0.6) is 0 Å². The number of aryl methyl sites for hydroxylation is 1. The monoisotopic (exact) mass is 402 g/mol. The first-order valence-corrected chi connectivity index (χ1v) is 9.11. The Kier molecular flexibility index (Phi) is 6.04. The maximum atomic E-state index is 12.1. The van der Waals surface area contributed by atoms with Gasteiger partial charge in [-0.3, -0.25) is 14.9 Å². The van der Waals surface area contributed by atoms with Crippen molar-refractivity contribution < 1.29 is 9.59 Å². The van der Waals surface area contributed by atoms with E-state index in [1.165, 1.54) is 22.7 Å². The second-order valence-corrected chi connectivity index (χ2v) is 8.06. The molecule has 2 aromatic heterocycles. The Morgan fingerprint density at radius 1 is 1.32 bits per heavy atom. The summed E-state index contributed by atoms with van der Waals surface area (Å²) in [6, 6.07) is 2.84. The van der Waals surface area contributed by atoms with E-state index in [0.717, 1.165) is 21.6 Å². The van der Waals surface area contributed by atoms with Gasteiger partial charge in [-0.05, 0) is 41.4 Å². The Balaban J connectivity index is 1.89. The van der Waals surface area contributed by atoms with E-state index < -0.39 is 6.04 Å². The number of halogens is 1. The molecule has 2 heterocycles. The lowest BCUT2D eigenvalue weighted by Crippen LogP contribution is -2.41. The first-order valence-electron chi connectivity index (χ1n) is 6.69. The lowest BCUT2D eigenvalue weighted by molar-refractivity contribution is -0.117. The van der Waals surface area contributed by atoms with Crippen molar-refractivity contribution in [3.8, 4) is 0 Å². The zero-order valence-corrected chi connectivity index (χ0v) is 15.3. The van der Waals surface area contributed by atoms with Crippen molar-refractivity contribution in [1.29, 1.82) is 0 Å². The van der Waals surface area contributed by atoms with Crippen LogP contribution in [-0.4, -0.2) is 28.1 Å². The van der Waals surface area contributed by atoms with Gasteiger partial charge in [-0.2, -0.15) is 0 Å². The third-order valence-electron chi connectivity index (χ3n) is 2.70. The van der Waals surface area contributed by atoms with Crippen molar-refractivity contribution >= 4 is 55.5 Å². The van der Waals surface area contributed by atoms with Crippen LogP contribution < -0.4 is 10.6 Å². The van der Waals surface area contributed by atoms with E-state index in [1.807, 2.05) is 0 Å². The highest BCUT2D eigenvalue weighted by molar-refractivity contribution is 9.11. The van der Waals surface area contributed by atoms with E-state index in [0.29, 0.717) is 10.0 Å².